The van der Waals surface area contributed by atoms with Gasteiger partial charge in [-0.3, -0.25) is 14.4 Å². The fourth-order valence-corrected chi connectivity index (χ4v) is 4.67. The predicted octanol–water partition coefficient (Wildman–Crippen LogP) is 6.86. The number of aromatic nitrogens is 1. The summed E-state index contributed by atoms with van der Waals surface area (Å²) in [6.07, 6.45) is -3.94. The van der Waals surface area contributed by atoms with Gasteiger partial charge in [-0.1, -0.05) is 36.4 Å². The van der Waals surface area contributed by atoms with E-state index in [0.29, 0.717) is 42.0 Å². The molecule has 0 aliphatic carbocycles. The second kappa shape index (κ2) is 12.8. The molecular weight excluding hydrogens is 545 g/mol. The largest absolute Gasteiger partial charge is 0.416 e. The molecule has 0 aliphatic heterocycles. The summed E-state index contributed by atoms with van der Waals surface area (Å²) in [5.41, 5.74) is 2.95. The number of halogens is 3. The molecule has 4 aromatic rings. The van der Waals surface area contributed by atoms with Gasteiger partial charge in [-0.25, -0.2) is 0 Å². The molecule has 0 fully saturated rings. The van der Waals surface area contributed by atoms with Gasteiger partial charge in [0.05, 0.1) is 11.1 Å². The normalized spacial score (nSPS) is 11.2. The number of hydrogen-bond donors (Lipinski definition) is 2. The number of rotatable bonds is 9. The number of benzene rings is 3. The van der Waals surface area contributed by atoms with E-state index in [0.717, 1.165) is 23.4 Å². The SMILES string of the molecule is CC(=O)Nc1ccc(C(=O)N(C)CCCn2c(-c3ccccc3)cc(C(=O)Nc3cccc(C(F)(F)F)c3)c2C)cc1. The quantitative estimate of drug-likeness (QED) is 0.229. The summed E-state index contributed by atoms with van der Waals surface area (Å²) >= 11 is 0. The van der Waals surface area contributed by atoms with Gasteiger partial charge in [-0.15, -0.1) is 0 Å². The molecule has 10 heteroatoms. The van der Waals surface area contributed by atoms with E-state index in [4.69, 9.17) is 0 Å². The van der Waals surface area contributed by atoms with Crippen LogP contribution in [0.25, 0.3) is 11.3 Å². The number of anilines is 2. The number of amides is 3. The van der Waals surface area contributed by atoms with Crippen molar-refractivity contribution in [3.63, 3.8) is 0 Å². The minimum absolute atomic E-state index is 0.0495. The molecule has 3 aromatic carbocycles. The first-order valence-electron chi connectivity index (χ1n) is 13.3. The lowest BCUT2D eigenvalue weighted by Crippen LogP contribution is -2.28. The van der Waals surface area contributed by atoms with Gasteiger partial charge in [0.1, 0.15) is 0 Å². The summed E-state index contributed by atoms with van der Waals surface area (Å²) in [4.78, 5) is 39.0. The molecule has 4 rings (SSSR count). The van der Waals surface area contributed by atoms with E-state index in [1.54, 1.807) is 49.2 Å². The zero-order chi connectivity index (χ0) is 30.4. The molecule has 2 N–H and O–H groups in total. The van der Waals surface area contributed by atoms with Crippen molar-refractivity contribution < 1.29 is 27.6 Å². The van der Waals surface area contributed by atoms with Crippen molar-refractivity contribution in [2.75, 3.05) is 24.2 Å². The van der Waals surface area contributed by atoms with Crippen LogP contribution >= 0.6 is 0 Å². The highest BCUT2D eigenvalue weighted by atomic mass is 19.4. The third-order valence-corrected chi connectivity index (χ3v) is 6.80. The maximum absolute atomic E-state index is 13.2. The van der Waals surface area contributed by atoms with Crippen molar-refractivity contribution in [2.24, 2.45) is 0 Å². The second-order valence-electron chi connectivity index (χ2n) is 9.92. The fourth-order valence-electron chi connectivity index (χ4n) is 4.67. The average Bonchev–Trinajstić information content (AvgIpc) is 3.29. The Morgan fingerprint density at radius 1 is 0.857 bits per heavy atom. The summed E-state index contributed by atoms with van der Waals surface area (Å²) in [5, 5.41) is 5.27. The Kier molecular flexibility index (Phi) is 9.15. The third kappa shape index (κ3) is 7.25. The Hall–Kier alpha value is -4.86. The van der Waals surface area contributed by atoms with Crippen LogP contribution in [0.15, 0.2) is 84.9 Å². The highest BCUT2D eigenvalue weighted by Crippen LogP contribution is 2.31. The molecule has 7 nitrogen and oxygen atoms in total. The summed E-state index contributed by atoms with van der Waals surface area (Å²) in [5.74, 6) is -0.881. The Bertz CT molecular complexity index is 1580. The van der Waals surface area contributed by atoms with Crippen LogP contribution in [0.3, 0.4) is 0 Å². The molecule has 0 atom stereocenters. The van der Waals surface area contributed by atoms with Crippen LogP contribution in [0.4, 0.5) is 24.5 Å². The van der Waals surface area contributed by atoms with Gasteiger partial charge in [0.15, 0.2) is 0 Å². The van der Waals surface area contributed by atoms with Gasteiger partial charge in [0, 0.05) is 55.4 Å². The zero-order valence-corrected chi connectivity index (χ0v) is 23.5. The smallest absolute Gasteiger partial charge is 0.344 e. The van der Waals surface area contributed by atoms with E-state index in [-0.39, 0.29) is 17.5 Å². The maximum atomic E-state index is 13.2. The van der Waals surface area contributed by atoms with Crippen LogP contribution in [0.5, 0.6) is 0 Å². The zero-order valence-electron chi connectivity index (χ0n) is 23.5. The topological polar surface area (TPSA) is 83.4 Å². The molecule has 1 aromatic heterocycles. The van der Waals surface area contributed by atoms with Crippen LogP contribution in [-0.2, 0) is 17.5 Å². The predicted molar refractivity (Wildman–Crippen MR) is 156 cm³/mol. The van der Waals surface area contributed by atoms with Crippen molar-refractivity contribution in [1.29, 1.82) is 0 Å². The van der Waals surface area contributed by atoms with Crippen molar-refractivity contribution in [3.8, 4) is 11.3 Å². The molecule has 1 heterocycles. The molecule has 0 bridgehead atoms. The molecule has 0 saturated heterocycles. The van der Waals surface area contributed by atoms with Crippen molar-refractivity contribution in [2.45, 2.75) is 33.0 Å². The van der Waals surface area contributed by atoms with Gasteiger partial charge in [0.2, 0.25) is 5.91 Å². The molecule has 0 radical (unpaired) electrons. The molecule has 0 saturated carbocycles. The first-order valence-corrected chi connectivity index (χ1v) is 13.3. The molecule has 3 amide bonds. The van der Waals surface area contributed by atoms with E-state index in [1.807, 2.05) is 34.9 Å². The number of nitrogens with one attached hydrogen (secondary N) is 2. The number of nitrogens with zero attached hydrogens (tertiary/aromatic N) is 2. The van der Waals surface area contributed by atoms with Gasteiger partial charge in [-0.2, -0.15) is 13.2 Å². The molecule has 0 spiro atoms. The Morgan fingerprint density at radius 2 is 1.55 bits per heavy atom. The Balaban J connectivity index is 1.50. The lowest BCUT2D eigenvalue weighted by molar-refractivity contribution is -0.137. The lowest BCUT2D eigenvalue weighted by Gasteiger charge is -2.19. The van der Waals surface area contributed by atoms with Crippen LogP contribution in [0.2, 0.25) is 0 Å². The molecule has 42 heavy (non-hydrogen) atoms. The Labute approximate surface area is 242 Å². The van der Waals surface area contributed by atoms with E-state index >= 15 is 0 Å². The average molecular weight is 577 g/mol. The monoisotopic (exact) mass is 576 g/mol. The molecule has 0 unspecified atom stereocenters. The summed E-state index contributed by atoms with van der Waals surface area (Å²) in [6.45, 7) is 4.13. The van der Waals surface area contributed by atoms with Gasteiger partial charge in [0.25, 0.3) is 11.8 Å². The van der Waals surface area contributed by atoms with Crippen LogP contribution < -0.4 is 10.6 Å². The second-order valence-corrected chi connectivity index (χ2v) is 9.92. The summed E-state index contributed by atoms with van der Waals surface area (Å²) in [7, 11) is 1.71. The van der Waals surface area contributed by atoms with Crippen LogP contribution in [0.1, 0.15) is 45.3 Å². The van der Waals surface area contributed by atoms with Crippen LogP contribution in [0, 0.1) is 6.92 Å². The summed E-state index contributed by atoms with van der Waals surface area (Å²) < 4.78 is 41.5. The fraction of sp³-hybridized carbons (Fsp3) is 0.219. The first-order chi connectivity index (χ1) is 19.9. The van der Waals surface area contributed by atoms with E-state index in [1.165, 1.54) is 19.1 Å². The summed E-state index contributed by atoms with van der Waals surface area (Å²) in [6, 6.07) is 22.4. The molecule has 218 valence electrons. The third-order valence-electron chi connectivity index (χ3n) is 6.80. The number of hydrogen-bond acceptors (Lipinski definition) is 3. The molecular formula is C32H31F3N4O3. The maximum Gasteiger partial charge on any atom is 0.416 e. The standard InChI is InChI=1S/C32H31F3N4O3/c1-21-28(30(41)37-27-12-7-11-25(19-27)32(33,34)35)20-29(23-9-5-4-6-10-23)39(21)18-8-17-38(3)31(42)24-13-15-26(16-14-24)36-22(2)40/h4-7,9-16,19-20H,8,17-18H2,1-3H3,(H,36,40)(H,37,41). The van der Waals surface area contributed by atoms with Crippen molar-refractivity contribution >= 4 is 29.1 Å². The first kappa shape index (κ1) is 30.1. The molecule has 0 aliphatic rings. The number of alkyl halides is 3. The van der Waals surface area contributed by atoms with E-state index in [9.17, 15) is 27.6 Å². The van der Waals surface area contributed by atoms with Gasteiger partial charge >= 0.3 is 6.18 Å². The highest BCUT2D eigenvalue weighted by molar-refractivity contribution is 6.06. The van der Waals surface area contributed by atoms with Crippen molar-refractivity contribution in [1.82, 2.24) is 9.47 Å². The minimum atomic E-state index is -4.52. The highest BCUT2D eigenvalue weighted by Gasteiger charge is 2.30. The van der Waals surface area contributed by atoms with Gasteiger partial charge < -0.3 is 20.1 Å². The number of carbonyl (C=O) groups is 3. The lowest BCUT2D eigenvalue weighted by atomic mass is 10.1. The van der Waals surface area contributed by atoms with Gasteiger partial charge in [-0.05, 0) is 67.4 Å². The number of carbonyl (C=O) groups excluding carboxylic acids is 3. The van der Waals surface area contributed by atoms with E-state index < -0.39 is 17.6 Å². The van der Waals surface area contributed by atoms with E-state index in [2.05, 4.69) is 10.6 Å². The van der Waals surface area contributed by atoms with Crippen molar-refractivity contribution in [3.05, 3.63) is 107 Å². The Morgan fingerprint density at radius 3 is 2.19 bits per heavy atom. The minimum Gasteiger partial charge on any atom is -0.344 e. The van der Waals surface area contributed by atoms with Crippen LogP contribution in [-0.4, -0.2) is 40.8 Å².